The molecule has 0 spiro atoms. The van der Waals surface area contributed by atoms with Gasteiger partial charge in [-0.1, -0.05) is 30.3 Å². The first-order chi connectivity index (χ1) is 7.87. The van der Waals surface area contributed by atoms with Crippen molar-refractivity contribution in [2.24, 2.45) is 0 Å². The highest BCUT2D eigenvalue weighted by molar-refractivity contribution is 5.20. The van der Waals surface area contributed by atoms with Gasteiger partial charge in [0.1, 0.15) is 0 Å². The third kappa shape index (κ3) is 2.43. The van der Waals surface area contributed by atoms with E-state index in [1.807, 2.05) is 30.3 Å². The van der Waals surface area contributed by atoms with E-state index in [-0.39, 0.29) is 6.61 Å². The molecule has 1 aromatic carbocycles. The minimum absolute atomic E-state index is 0.227. The molecule has 0 bridgehead atoms. The van der Waals surface area contributed by atoms with E-state index in [1.54, 1.807) is 0 Å². The molecule has 2 rings (SSSR count). The van der Waals surface area contributed by atoms with Crippen LogP contribution in [0.25, 0.3) is 0 Å². The lowest BCUT2D eigenvalue weighted by atomic mass is 10.00. The highest BCUT2D eigenvalue weighted by atomic mass is 16.7. The molecule has 1 aliphatic rings. The fourth-order valence-corrected chi connectivity index (χ4v) is 2.07. The van der Waals surface area contributed by atoms with Gasteiger partial charge < -0.3 is 14.6 Å². The number of aliphatic hydroxyl groups is 1. The Hall–Kier alpha value is -0.900. The summed E-state index contributed by atoms with van der Waals surface area (Å²) >= 11 is 0. The maximum atomic E-state index is 8.81. The van der Waals surface area contributed by atoms with Crippen LogP contribution in [0.2, 0.25) is 0 Å². The van der Waals surface area contributed by atoms with Gasteiger partial charge in [0.2, 0.25) is 0 Å². The van der Waals surface area contributed by atoms with Crippen molar-refractivity contribution in [3.63, 3.8) is 0 Å². The molecule has 0 unspecified atom stereocenters. The zero-order valence-corrected chi connectivity index (χ0v) is 9.39. The zero-order chi connectivity index (χ0) is 11.3. The molecule has 1 aliphatic heterocycles. The molecule has 88 valence electrons. The van der Waals surface area contributed by atoms with Gasteiger partial charge in [0.25, 0.3) is 0 Å². The van der Waals surface area contributed by atoms with Crippen LogP contribution in [0, 0.1) is 0 Å². The molecule has 16 heavy (non-hydrogen) atoms. The van der Waals surface area contributed by atoms with Gasteiger partial charge in [-0.25, -0.2) is 0 Å². The van der Waals surface area contributed by atoms with Crippen LogP contribution in [0.3, 0.4) is 0 Å². The first-order valence-corrected chi connectivity index (χ1v) is 5.82. The molecular formula is C13H18O3. The summed E-state index contributed by atoms with van der Waals surface area (Å²) in [6.07, 6.45) is 2.50. The lowest BCUT2D eigenvalue weighted by Crippen LogP contribution is -2.27. The molecule has 3 heteroatoms. The van der Waals surface area contributed by atoms with E-state index in [0.717, 1.165) is 24.8 Å². The number of ether oxygens (including phenoxy) is 2. The average molecular weight is 222 g/mol. The maximum absolute atomic E-state index is 8.81. The highest BCUT2D eigenvalue weighted by Crippen LogP contribution is 2.36. The number of hydrogen-bond acceptors (Lipinski definition) is 3. The van der Waals surface area contributed by atoms with E-state index < -0.39 is 5.79 Å². The van der Waals surface area contributed by atoms with Crippen LogP contribution in [0.15, 0.2) is 30.3 Å². The smallest absolute Gasteiger partial charge is 0.194 e. The summed E-state index contributed by atoms with van der Waals surface area (Å²) in [5.74, 6) is -0.573. The van der Waals surface area contributed by atoms with Gasteiger partial charge in [0.15, 0.2) is 5.79 Å². The Labute approximate surface area is 96.0 Å². The van der Waals surface area contributed by atoms with E-state index in [9.17, 15) is 0 Å². The molecule has 1 fully saturated rings. The molecule has 0 amide bonds. The van der Waals surface area contributed by atoms with Gasteiger partial charge in [-0.2, -0.15) is 0 Å². The SMILES string of the molecule is OCCCCC1(c2ccccc2)OCCO1. The summed E-state index contributed by atoms with van der Waals surface area (Å²) in [5, 5.41) is 8.81. The van der Waals surface area contributed by atoms with Crippen molar-refractivity contribution in [3.8, 4) is 0 Å². The summed E-state index contributed by atoms with van der Waals surface area (Å²) in [6, 6.07) is 10.0. The van der Waals surface area contributed by atoms with Crippen molar-refractivity contribution < 1.29 is 14.6 Å². The van der Waals surface area contributed by atoms with Gasteiger partial charge in [0, 0.05) is 18.6 Å². The van der Waals surface area contributed by atoms with Crippen molar-refractivity contribution >= 4 is 0 Å². The Morgan fingerprint density at radius 2 is 1.75 bits per heavy atom. The molecule has 1 heterocycles. The topological polar surface area (TPSA) is 38.7 Å². The first-order valence-electron chi connectivity index (χ1n) is 5.82. The van der Waals surface area contributed by atoms with E-state index in [1.165, 1.54) is 0 Å². The minimum Gasteiger partial charge on any atom is -0.396 e. The Morgan fingerprint density at radius 3 is 2.38 bits per heavy atom. The summed E-state index contributed by atoms with van der Waals surface area (Å²) in [7, 11) is 0. The van der Waals surface area contributed by atoms with Crippen LogP contribution in [0.4, 0.5) is 0 Å². The Bertz CT molecular complexity index is 304. The van der Waals surface area contributed by atoms with E-state index in [0.29, 0.717) is 13.2 Å². The minimum atomic E-state index is -0.573. The first kappa shape index (κ1) is 11.6. The standard InChI is InChI=1S/C13H18O3/c14-9-5-4-8-13(15-10-11-16-13)12-6-2-1-3-7-12/h1-3,6-7,14H,4-5,8-11H2. The zero-order valence-electron chi connectivity index (χ0n) is 9.39. The molecule has 1 N–H and O–H groups in total. The monoisotopic (exact) mass is 222 g/mol. The van der Waals surface area contributed by atoms with Crippen LogP contribution in [0.5, 0.6) is 0 Å². The van der Waals surface area contributed by atoms with Crippen molar-refractivity contribution in [1.29, 1.82) is 0 Å². The summed E-state index contributed by atoms with van der Waals surface area (Å²) in [4.78, 5) is 0. The Kier molecular flexibility index (Phi) is 3.93. The van der Waals surface area contributed by atoms with Crippen LogP contribution < -0.4 is 0 Å². The fraction of sp³-hybridized carbons (Fsp3) is 0.538. The molecule has 0 radical (unpaired) electrons. The second kappa shape index (κ2) is 5.43. The average Bonchev–Trinajstić information content (AvgIpc) is 2.81. The third-order valence-corrected chi connectivity index (χ3v) is 2.88. The number of benzene rings is 1. The molecular weight excluding hydrogens is 204 g/mol. The number of hydrogen-bond donors (Lipinski definition) is 1. The number of rotatable bonds is 5. The second-order valence-corrected chi connectivity index (χ2v) is 4.00. The molecule has 0 aromatic heterocycles. The lowest BCUT2D eigenvalue weighted by molar-refractivity contribution is -0.172. The van der Waals surface area contributed by atoms with Crippen molar-refractivity contribution in [2.75, 3.05) is 19.8 Å². The Morgan fingerprint density at radius 1 is 1.06 bits per heavy atom. The number of unbranched alkanes of at least 4 members (excludes halogenated alkanes) is 1. The Balaban J connectivity index is 2.09. The molecule has 1 saturated heterocycles. The van der Waals surface area contributed by atoms with Gasteiger partial charge in [0.05, 0.1) is 13.2 Å². The van der Waals surface area contributed by atoms with Gasteiger partial charge in [-0.05, 0) is 12.8 Å². The predicted molar refractivity (Wildman–Crippen MR) is 61.0 cm³/mol. The predicted octanol–water partition coefficient (Wildman–Crippen LogP) is 2.05. The summed E-state index contributed by atoms with van der Waals surface area (Å²) in [5.41, 5.74) is 1.07. The van der Waals surface area contributed by atoms with E-state index in [2.05, 4.69) is 0 Å². The van der Waals surface area contributed by atoms with Crippen LogP contribution in [-0.2, 0) is 15.3 Å². The number of aliphatic hydroxyl groups excluding tert-OH is 1. The molecule has 3 nitrogen and oxygen atoms in total. The lowest BCUT2D eigenvalue weighted by Gasteiger charge is -2.27. The molecule has 0 saturated carbocycles. The quantitative estimate of drug-likeness (QED) is 0.775. The fourth-order valence-electron chi connectivity index (χ4n) is 2.07. The highest BCUT2D eigenvalue weighted by Gasteiger charge is 2.37. The van der Waals surface area contributed by atoms with Crippen LogP contribution in [-0.4, -0.2) is 24.9 Å². The third-order valence-electron chi connectivity index (χ3n) is 2.88. The molecule has 1 aromatic rings. The second-order valence-electron chi connectivity index (χ2n) is 4.00. The van der Waals surface area contributed by atoms with E-state index >= 15 is 0 Å². The molecule has 0 aliphatic carbocycles. The van der Waals surface area contributed by atoms with Gasteiger partial charge in [-0.3, -0.25) is 0 Å². The van der Waals surface area contributed by atoms with Crippen molar-refractivity contribution in [1.82, 2.24) is 0 Å². The summed E-state index contributed by atoms with van der Waals surface area (Å²) < 4.78 is 11.5. The molecule has 0 atom stereocenters. The van der Waals surface area contributed by atoms with Crippen molar-refractivity contribution in [2.45, 2.75) is 25.0 Å². The van der Waals surface area contributed by atoms with Crippen LogP contribution in [0.1, 0.15) is 24.8 Å². The summed E-state index contributed by atoms with van der Waals surface area (Å²) in [6.45, 7) is 1.52. The maximum Gasteiger partial charge on any atom is 0.194 e. The normalized spacial score (nSPS) is 18.8. The van der Waals surface area contributed by atoms with Gasteiger partial charge in [-0.15, -0.1) is 0 Å². The largest absolute Gasteiger partial charge is 0.396 e. The van der Waals surface area contributed by atoms with Gasteiger partial charge >= 0.3 is 0 Å². The van der Waals surface area contributed by atoms with Crippen LogP contribution >= 0.6 is 0 Å². The van der Waals surface area contributed by atoms with E-state index in [4.69, 9.17) is 14.6 Å². The van der Waals surface area contributed by atoms with Crippen molar-refractivity contribution in [3.05, 3.63) is 35.9 Å².